The normalized spacial score (nSPS) is 18.0. The molecule has 1 aliphatic heterocycles. The summed E-state index contributed by atoms with van der Waals surface area (Å²) in [5, 5.41) is 10.6. The molecular weight excluding hydrogens is 310 g/mol. The largest absolute Gasteiger partial charge is 0.301 e. The van der Waals surface area contributed by atoms with Crippen LogP contribution in [0.1, 0.15) is 41.8 Å². The Hall–Kier alpha value is -1.73. The number of carbonyl (C=O) groups is 1. The van der Waals surface area contributed by atoms with Crippen molar-refractivity contribution in [2.45, 2.75) is 45.6 Å². The van der Waals surface area contributed by atoms with Crippen LogP contribution in [0.5, 0.6) is 0 Å². The summed E-state index contributed by atoms with van der Waals surface area (Å²) in [6, 6.07) is -0.134. The van der Waals surface area contributed by atoms with Crippen molar-refractivity contribution in [2.24, 2.45) is 0 Å². The second-order valence-electron chi connectivity index (χ2n) is 6.17. The number of hydrogen-bond donors (Lipinski definition) is 2. The molecule has 23 heavy (non-hydrogen) atoms. The van der Waals surface area contributed by atoms with Crippen molar-refractivity contribution in [1.29, 1.82) is 0 Å². The molecular formula is C16H23N5OS. The predicted molar refractivity (Wildman–Crippen MR) is 91.8 cm³/mol. The van der Waals surface area contributed by atoms with Crippen molar-refractivity contribution < 1.29 is 4.79 Å². The van der Waals surface area contributed by atoms with Crippen molar-refractivity contribution in [3.8, 4) is 0 Å². The molecule has 0 aromatic carbocycles. The van der Waals surface area contributed by atoms with Crippen LogP contribution in [0.2, 0.25) is 0 Å². The summed E-state index contributed by atoms with van der Waals surface area (Å²) < 4.78 is 0. The van der Waals surface area contributed by atoms with Crippen LogP contribution >= 0.6 is 11.3 Å². The van der Waals surface area contributed by atoms with Crippen molar-refractivity contribution >= 4 is 22.4 Å². The van der Waals surface area contributed by atoms with Gasteiger partial charge in [0.15, 0.2) is 5.13 Å². The lowest BCUT2D eigenvalue weighted by molar-refractivity contribution is -0.121. The lowest BCUT2D eigenvalue weighted by Crippen LogP contribution is -2.45. The van der Waals surface area contributed by atoms with E-state index in [9.17, 15) is 4.79 Å². The number of thiazole rings is 1. The fourth-order valence-corrected chi connectivity index (χ4v) is 3.82. The second kappa shape index (κ2) is 6.80. The monoisotopic (exact) mass is 333 g/mol. The van der Waals surface area contributed by atoms with Gasteiger partial charge >= 0.3 is 0 Å². The predicted octanol–water partition coefficient (Wildman–Crippen LogP) is 2.69. The number of nitrogens with zero attached hydrogens (tertiary/aromatic N) is 3. The number of hydrogen-bond acceptors (Lipinski definition) is 5. The van der Waals surface area contributed by atoms with Gasteiger partial charge < -0.3 is 5.32 Å². The van der Waals surface area contributed by atoms with E-state index in [1.807, 2.05) is 33.2 Å². The van der Waals surface area contributed by atoms with Crippen LogP contribution in [-0.4, -0.2) is 45.1 Å². The van der Waals surface area contributed by atoms with E-state index < -0.39 is 0 Å². The van der Waals surface area contributed by atoms with Crippen LogP contribution in [0.4, 0.5) is 5.13 Å². The van der Waals surface area contributed by atoms with E-state index in [0.717, 1.165) is 36.5 Å². The first-order valence-electron chi connectivity index (χ1n) is 8.02. The fourth-order valence-electron chi connectivity index (χ4n) is 3.01. The quantitative estimate of drug-likeness (QED) is 0.902. The van der Waals surface area contributed by atoms with Gasteiger partial charge in [0.25, 0.3) is 0 Å². The zero-order valence-electron chi connectivity index (χ0n) is 13.8. The van der Waals surface area contributed by atoms with Crippen molar-refractivity contribution in [3.05, 3.63) is 28.5 Å². The lowest BCUT2D eigenvalue weighted by atomic mass is 9.91. The highest BCUT2D eigenvalue weighted by Gasteiger charge is 2.28. The number of nitrogens with one attached hydrogen (secondary N) is 2. The van der Waals surface area contributed by atoms with Gasteiger partial charge in [-0.3, -0.25) is 14.8 Å². The number of rotatable bonds is 4. The Labute approximate surface area is 140 Å². The maximum atomic E-state index is 12.4. The van der Waals surface area contributed by atoms with Gasteiger partial charge in [-0.1, -0.05) is 0 Å². The van der Waals surface area contributed by atoms with Crippen molar-refractivity contribution in [2.75, 3.05) is 18.4 Å². The third-order valence-electron chi connectivity index (χ3n) is 4.71. The molecule has 7 heteroatoms. The van der Waals surface area contributed by atoms with E-state index in [4.69, 9.17) is 0 Å². The number of aromatic nitrogens is 3. The first-order chi connectivity index (χ1) is 11.0. The molecule has 0 aliphatic carbocycles. The Kier molecular flexibility index (Phi) is 4.77. The highest BCUT2D eigenvalue weighted by molar-refractivity contribution is 7.15. The summed E-state index contributed by atoms with van der Waals surface area (Å²) in [5.41, 5.74) is 2.26. The third-order valence-corrected chi connectivity index (χ3v) is 5.69. The summed E-state index contributed by atoms with van der Waals surface area (Å²) in [7, 11) is 0. The number of anilines is 1. The van der Waals surface area contributed by atoms with Gasteiger partial charge in [-0.25, -0.2) is 4.98 Å². The number of aromatic amines is 1. The zero-order chi connectivity index (χ0) is 16.4. The standard InChI is InChI=1S/C16H23N5OS/c1-10-12(3)23-16(19-10)20-15(22)11(2)21-6-4-13(5-7-21)14-8-17-18-9-14/h8-9,11,13H,4-7H2,1-3H3,(H,17,18)(H,19,20,22)/t11-/m0/s1. The highest BCUT2D eigenvalue weighted by Crippen LogP contribution is 2.28. The number of carbonyl (C=O) groups excluding carboxylic acids is 1. The maximum Gasteiger partial charge on any atom is 0.243 e. The first kappa shape index (κ1) is 16.1. The van der Waals surface area contributed by atoms with E-state index in [0.29, 0.717) is 11.0 Å². The molecule has 2 N–H and O–H groups in total. The number of aryl methyl sites for hydroxylation is 2. The minimum absolute atomic E-state index is 0.0283. The Morgan fingerprint density at radius 1 is 1.43 bits per heavy atom. The average molecular weight is 333 g/mol. The van der Waals surface area contributed by atoms with E-state index in [-0.39, 0.29) is 11.9 Å². The summed E-state index contributed by atoms with van der Waals surface area (Å²) in [4.78, 5) is 20.2. The molecule has 1 saturated heterocycles. The molecule has 0 saturated carbocycles. The van der Waals surface area contributed by atoms with E-state index in [2.05, 4.69) is 25.4 Å². The van der Waals surface area contributed by atoms with Gasteiger partial charge in [0.1, 0.15) is 0 Å². The van der Waals surface area contributed by atoms with Crippen LogP contribution < -0.4 is 5.32 Å². The molecule has 1 amide bonds. The molecule has 0 unspecified atom stereocenters. The van der Waals surface area contributed by atoms with Crippen LogP contribution in [-0.2, 0) is 4.79 Å². The van der Waals surface area contributed by atoms with Crippen molar-refractivity contribution in [3.63, 3.8) is 0 Å². The Balaban J connectivity index is 1.54. The molecule has 0 spiro atoms. The van der Waals surface area contributed by atoms with Crippen LogP contribution in [0.15, 0.2) is 12.4 Å². The molecule has 0 radical (unpaired) electrons. The number of amides is 1. The molecule has 3 rings (SSSR count). The van der Waals surface area contributed by atoms with Gasteiger partial charge in [-0.2, -0.15) is 5.10 Å². The van der Waals surface area contributed by atoms with Crippen LogP contribution in [0, 0.1) is 13.8 Å². The molecule has 1 aliphatic rings. The minimum atomic E-state index is -0.134. The topological polar surface area (TPSA) is 73.9 Å². The molecule has 6 nitrogen and oxygen atoms in total. The van der Waals surface area contributed by atoms with E-state index in [1.54, 1.807) is 0 Å². The molecule has 124 valence electrons. The van der Waals surface area contributed by atoms with Crippen molar-refractivity contribution in [1.82, 2.24) is 20.1 Å². The van der Waals surface area contributed by atoms with Gasteiger partial charge in [-0.05, 0) is 58.2 Å². The summed E-state index contributed by atoms with van der Waals surface area (Å²) in [5.74, 6) is 0.574. The van der Waals surface area contributed by atoms with Crippen LogP contribution in [0.25, 0.3) is 0 Å². The fraction of sp³-hybridized carbons (Fsp3) is 0.562. The molecule has 1 fully saturated rings. The SMILES string of the molecule is Cc1nc(NC(=O)[C@H](C)N2CCC(c3cn[nH]c3)CC2)sc1C. The Morgan fingerprint density at radius 3 is 2.74 bits per heavy atom. The number of likely N-dealkylation sites (tertiary alicyclic amines) is 1. The lowest BCUT2D eigenvalue weighted by Gasteiger charge is -2.34. The van der Waals surface area contributed by atoms with Crippen LogP contribution in [0.3, 0.4) is 0 Å². The van der Waals surface area contributed by atoms with Gasteiger partial charge in [0, 0.05) is 11.1 Å². The van der Waals surface area contributed by atoms with Gasteiger partial charge in [0.2, 0.25) is 5.91 Å². The van der Waals surface area contributed by atoms with Gasteiger partial charge in [-0.15, -0.1) is 11.3 Å². The third kappa shape index (κ3) is 3.61. The van der Waals surface area contributed by atoms with Gasteiger partial charge in [0.05, 0.1) is 17.9 Å². The average Bonchev–Trinajstić information content (AvgIpc) is 3.17. The number of H-pyrrole nitrogens is 1. The molecule has 0 bridgehead atoms. The van der Waals surface area contributed by atoms with E-state index in [1.165, 1.54) is 16.9 Å². The zero-order valence-corrected chi connectivity index (χ0v) is 14.6. The second-order valence-corrected chi connectivity index (χ2v) is 7.37. The molecule has 1 atom stereocenters. The molecule has 3 heterocycles. The van der Waals surface area contributed by atoms with E-state index >= 15 is 0 Å². The summed E-state index contributed by atoms with van der Waals surface area (Å²) in [6.07, 6.45) is 6.01. The summed E-state index contributed by atoms with van der Waals surface area (Å²) in [6.45, 7) is 7.82. The first-order valence-corrected chi connectivity index (χ1v) is 8.84. The maximum absolute atomic E-state index is 12.4. The molecule has 2 aromatic heterocycles. The minimum Gasteiger partial charge on any atom is -0.301 e. The number of piperidine rings is 1. The highest BCUT2D eigenvalue weighted by atomic mass is 32.1. The molecule has 2 aromatic rings. The Bertz CT molecular complexity index is 639. The Morgan fingerprint density at radius 2 is 2.17 bits per heavy atom. The smallest absolute Gasteiger partial charge is 0.243 e. The summed E-state index contributed by atoms with van der Waals surface area (Å²) >= 11 is 1.53.